The number of carbonyl (C=O) groups is 1. The molecule has 4 rings (SSSR count). The molecule has 1 amide bonds. The van der Waals surface area contributed by atoms with Gasteiger partial charge in [0.25, 0.3) is 5.91 Å². The van der Waals surface area contributed by atoms with Crippen molar-refractivity contribution in [3.05, 3.63) is 84.2 Å². The zero-order valence-electron chi connectivity index (χ0n) is 19.7. The van der Waals surface area contributed by atoms with Crippen molar-refractivity contribution in [1.29, 1.82) is 0 Å². The van der Waals surface area contributed by atoms with E-state index in [4.69, 9.17) is 19.2 Å². The van der Waals surface area contributed by atoms with Crippen molar-refractivity contribution >= 4 is 16.9 Å². The maximum Gasteiger partial charge on any atom is 0.251 e. The van der Waals surface area contributed by atoms with Crippen molar-refractivity contribution in [2.75, 3.05) is 20.8 Å². The van der Waals surface area contributed by atoms with E-state index in [-0.39, 0.29) is 11.9 Å². The molecule has 7 nitrogen and oxygen atoms in total. The largest absolute Gasteiger partial charge is 0.497 e. The monoisotopic (exact) mass is 459 g/mol. The van der Waals surface area contributed by atoms with Gasteiger partial charge in [-0.2, -0.15) is 0 Å². The van der Waals surface area contributed by atoms with E-state index in [2.05, 4.69) is 9.88 Å². The van der Waals surface area contributed by atoms with Gasteiger partial charge in [0.1, 0.15) is 23.1 Å². The minimum Gasteiger partial charge on any atom is -0.497 e. The molecule has 176 valence electrons. The number of ether oxygens (including phenoxy) is 3. The molecule has 1 aromatic heterocycles. The van der Waals surface area contributed by atoms with Crippen LogP contribution in [0.3, 0.4) is 0 Å². The molecular formula is C27H29N3O4. The van der Waals surface area contributed by atoms with Gasteiger partial charge in [-0.15, -0.1) is 0 Å². The van der Waals surface area contributed by atoms with Crippen LogP contribution in [0.2, 0.25) is 0 Å². The summed E-state index contributed by atoms with van der Waals surface area (Å²) in [7, 11) is 3.23. The highest BCUT2D eigenvalue weighted by atomic mass is 16.5. The van der Waals surface area contributed by atoms with Crippen LogP contribution >= 0.6 is 0 Å². The fourth-order valence-electron chi connectivity index (χ4n) is 3.85. The molecule has 0 aliphatic heterocycles. The van der Waals surface area contributed by atoms with Gasteiger partial charge in [-0.3, -0.25) is 4.79 Å². The summed E-state index contributed by atoms with van der Waals surface area (Å²) in [4.78, 5) is 17.7. The van der Waals surface area contributed by atoms with Crippen LogP contribution in [0.4, 0.5) is 0 Å². The van der Waals surface area contributed by atoms with Crippen LogP contribution in [-0.2, 0) is 6.54 Å². The van der Waals surface area contributed by atoms with E-state index in [1.54, 1.807) is 32.4 Å². The SMILES string of the molecule is COc1ccc(OCCCn2c(C(C)NC(=O)c3cccc(OC)c3)nc3ccccc32)cc1. The highest BCUT2D eigenvalue weighted by molar-refractivity contribution is 5.94. The Labute approximate surface area is 199 Å². The molecule has 4 aromatic rings. The third-order valence-corrected chi connectivity index (χ3v) is 5.61. The van der Waals surface area contributed by atoms with E-state index in [1.165, 1.54) is 0 Å². The molecule has 0 bridgehead atoms. The van der Waals surface area contributed by atoms with Crippen molar-refractivity contribution in [2.24, 2.45) is 0 Å². The number of imidazole rings is 1. The number of para-hydroxylation sites is 2. The van der Waals surface area contributed by atoms with Crippen molar-refractivity contribution in [1.82, 2.24) is 14.9 Å². The van der Waals surface area contributed by atoms with Gasteiger partial charge in [-0.25, -0.2) is 4.98 Å². The highest BCUT2D eigenvalue weighted by Crippen LogP contribution is 2.23. The molecule has 0 radical (unpaired) electrons. The summed E-state index contributed by atoms with van der Waals surface area (Å²) < 4.78 is 18.5. The third kappa shape index (κ3) is 5.31. The molecule has 0 saturated carbocycles. The lowest BCUT2D eigenvalue weighted by atomic mass is 10.2. The van der Waals surface area contributed by atoms with Gasteiger partial charge in [0.05, 0.1) is 37.9 Å². The Balaban J connectivity index is 1.46. The zero-order valence-corrected chi connectivity index (χ0v) is 19.7. The summed E-state index contributed by atoms with van der Waals surface area (Å²) in [5.74, 6) is 2.88. The zero-order chi connectivity index (χ0) is 23.9. The Morgan fingerprint density at radius 1 is 0.941 bits per heavy atom. The Morgan fingerprint density at radius 3 is 2.44 bits per heavy atom. The molecule has 1 heterocycles. The standard InChI is InChI=1S/C27H29N3O4/c1-19(28-27(31)20-8-6-9-23(18-20)33-3)26-29-24-10-4-5-11-25(24)30(26)16-7-17-34-22-14-12-21(32-2)13-15-22/h4-6,8-15,18-19H,7,16-17H2,1-3H3,(H,28,31). The first kappa shape index (κ1) is 23.2. The van der Waals surface area contributed by atoms with Crippen LogP contribution in [0.15, 0.2) is 72.8 Å². The topological polar surface area (TPSA) is 74.6 Å². The molecular weight excluding hydrogens is 430 g/mol. The number of hydrogen-bond donors (Lipinski definition) is 1. The molecule has 7 heteroatoms. The summed E-state index contributed by atoms with van der Waals surface area (Å²) in [6.45, 7) is 3.22. The predicted octanol–water partition coefficient (Wildman–Crippen LogP) is 5.01. The molecule has 3 aromatic carbocycles. The number of methoxy groups -OCH3 is 2. The smallest absolute Gasteiger partial charge is 0.251 e. The average molecular weight is 460 g/mol. The van der Waals surface area contributed by atoms with E-state index >= 15 is 0 Å². The lowest BCUT2D eigenvalue weighted by Crippen LogP contribution is -2.29. The number of nitrogens with one attached hydrogen (secondary N) is 1. The summed E-state index contributed by atoms with van der Waals surface area (Å²) in [5.41, 5.74) is 2.47. The summed E-state index contributed by atoms with van der Waals surface area (Å²) in [6.07, 6.45) is 0.788. The van der Waals surface area contributed by atoms with Crippen LogP contribution < -0.4 is 19.5 Å². The quantitative estimate of drug-likeness (QED) is 0.337. The molecule has 0 fully saturated rings. The highest BCUT2D eigenvalue weighted by Gasteiger charge is 2.19. The third-order valence-electron chi connectivity index (χ3n) is 5.61. The Morgan fingerprint density at radius 2 is 1.68 bits per heavy atom. The first-order valence-electron chi connectivity index (χ1n) is 11.3. The molecule has 0 spiro atoms. The lowest BCUT2D eigenvalue weighted by Gasteiger charge is -2.17. The Bertz CT molecular complexity index is 1250. The van der Waals surface area contributed by atoms with Gasteiger partial charge in [0, 0.05) is 12.1 Å². The second kappa shape index (κ2) is 10.7. The van der Waals surface area contributed by atoms with Gasteiger partial charge in [-0.1, -0.05) is 18.2 Å². The molecule has 0 aliphatic carbocycles. The summed E-state index contributed by atoms with van der Waals surface area (Å²) >= 11 is 0. The first-order valence-corrected chi connectivity index (χ1v) is 11.3. The van der Waals surface area contributed by atoms with Crippen molar-refractivity contribution in [3.8, 4) is 17.2 Å². The minimum atomic E-state index is -0.284. The van der Waals surface area contributed by atoms with Gasteiger partial charge in [-0.05, 0) is 67.9 Å². The van der Waals surface area contributed by atoms with E-state index in [0.717, 1.165) is 34.8 Å². The molecule has 0 saturated heterocycles. The molecule has 1 atom stereocenters. The average Bonchev–Trinajstić information content (AvgIpc) is 3.25. The van der Waals surface area contributed by atoms with Crippen LogP contribution in [0.1, 0.15) is 35.6 Å². The number of aromatic nitrogens is 2. The molecule has 0 aliphatic rings. The van der Waals surface area contributed by atoms with E-state index in [9.17, 15) is 4.79 Å². The van der Waals surface area contributed by atoms with Crippen molar-refractivity contribution in [2.45, 2.75) is 25.9 Å². The Hall–Kier alpha value is -4.00. The number of hydrogen-bond acceptors (Lipinski definition) is 5. The van der Waals surface area contributed by atoms with E-state index in [1.807, 2.05) is 61.5 Å². The fourth-order valence-corrected chi connectivity index (χ4v) is 3.85. The molecule has 1 unspecified atom stereocenters. The molecule has 1 N–H and O–H groups in total. The summed E-state index contributed by atoms with van der Waals surface area (Å²) in [5, 5.41) is 3.07. The molecule has 34 heavy (non-hydrogen) atoms. The second-order valence-corrected chi connectivity index (χ2v) is 7.92. The maximum atomic E-state index is 12.9. The van der Waals surface area contributed by atoms with Gasteiger partial charge in [0.15, 0.2) is 0 Å². The van der Waals surface area contributed by atoms with Crippen LogP contribution in [0, 0.1) is 0 Å². The van der Waals surface area contributed by atoms with Crippen molar-refractivity contribution in [3.63, 3.8) is 0 Å². The maximum absolute atomic E-state index is 12.9. The number of amides is 1. The second-order valence-electron chi connectivity index (χ2n) is 7.92. The number of aryl methyl sites for hydroxylation is 1. The first-order chi connectivity index (χ1) is 16.6. The van der Waals surface area contributed by atoms with E-state index in [0.29, 0.717) is 24.5 Å². The minimum absolute atomic E-state index is 0.173. The fraction of sp³-hybridized carbons (Fsp3) is 0.259. The number of benzene rings is 3. The van der Waals surface area contributed by atoms with Gasteiger partial charge >= 0.3 is 0 Å². The number of fused-ring (bicyclic) bond motifs is 1. The number of carbonyl (C=O) groups excluding carboxylic acids is 1. The normalized spacial score (nSPS) is 11.7. The van der Waals surface area contributed by atoms with Crippen LogP contribution in [-0.4, -0.2) is 36.3 Å². The van der Waals surface area contributed by atoms with E-state index < -0.39 is 0 Å². The Kier molecular flexibility index (Phi) is 7.32. The number of nitrogens with zero attached hydrogens (tertiary/aromatic N) is 2. The van der Waals surface area contributed by atoms with Crippen LogP contribution in [0.5, 0.6) is 17.2 Å². The van der Waals surface area contributed by atoms with Gasteiger partial charge < -0.3 is 24.1 Å². The van der Waals surface area contributed by atoms with Crippen molar-refractivity contribution < 1.29 is 19.0 Å². The van der Waals surface area contributed by atoms with Gasteiger partial charge in [0.2, 0.25) is 0 Å². The predicted molar refractivity (Wildman–Crippen MR) is 132 cm³/mol. The van der Waals surface area contributed by atoms with Crippen LogP contribution in [0.25, 0.3) is 11.0 Å². The summed E-state index contributed by atoms with van der Waals surface area (Å²) in [6, 6.07) is 22.4. The number of rotatable bonds is 10. The lowest BCUT2D eigenvalue weighted by molar-refractivity contribution is 0.0937.